The highest BCUT2D eigenvalue weighted by molar-refractivity contribution is 5.69. The molecular formula is C31H37N5O3. The number of nitrogens with zero attached hydrogens (tertiary/aromatic N) is 3. The Kier molecular flexibility index (Phi) is 11.5. The van der Waals surface area contributed by atoms with Gasteiger partial charge >= 0.3 is 0 Å². The van der Waals surface area contributed by atoms with Crippen LogP contribution in [0, 0.1) is 18.3 Å². The molecule has 3 N–H and O–H groups in total. The summed E-state index contributed by atoms with van der Waals surface area (Å²) in [5.41, 5.74) is 5.87. The summed E-state index contributed by atoms with van der Waals surface area (Å²) in [5, 5.41) is 23.1. The van der Waals surface area contributed by atoms with Gasteiger partial charge in [0.1, 0.15) is 6.10 Å². The number of hydrogen-bond donors (Lipinski definition) is 3. The Bertz CT molecular complexity index is 1320. The van der Waals surface area contributed by atoms with Gasteiger partial charge in [0.2, 0.25) is 5.88 Å². The minimum absolute atomic E-state index is 0. The predicted octanol–water partition coefficient (Wildman–Crippen LogP) is 5.60. The van der Waals surface area contributed by atoms with Crippen LogP contribution in [0.4, 0.5) is 5.69 Å². The summed E-state index contributed by atoms with van der Waals surface area (Å²) in [6.07, 6.45) is 4.63. The SMILES string of the molecule is CC(=O)O.Cc1ccc(-c2cnc3c(c2)NC[C@@H](CNCCc2ccc(C#N)cc2)O3)cn1.[HH].[HH].c1ccccc1. The lowest BCUT2D eigenvalue weighted by molar-refractivity contribution is -0.134. The Morgan fingerprint density at radius 3 is 2.31 bits per heavy atom. The second-order valence-electron chi connectivity index (χ2n) is 8.82. The minimum Gasteiger partial charge on any atom is -0.481 e. The smallest absolute Gasteiger partial charge is 0.300 e. The molecule has 0 aliphatic carbocycles. The number of hydrogen-bond acceptors (Lipinski definition) is 7. The van der Waals surface area contributed by atoms with E-state index in [9.17, 15) is 0 Å². The van der Waals surface area contributed by atoms with Gasteiger partial charge in [0.05, 0.1) is 23.9 Å². The number of fused-ring (bicyclic) bond motifs is 1. The van der Waals surface area contributed by atoms with Crippen molar-refractivity contribution in [3.05, 3.63) is 108 Å². The van der Waals surface area contributed by atoms with Crippen LogP contribution in [0.15, 0.2) is 91.3 Å². The normalized spacial score (nSPS) is 13.0. The van der Waals surface area contributed by atoms with Gasteiger partial charge in [0, 0.05) is 45.5 Å². The van der Waals surface area contributed by atoms with Gasteiger partial charge in [-0.1, -0.05) is 54.6 Å². The van der Waals surface area contributed by atoms with E-state index in [1.165, 1.54) is 5.56 Å². The molecule has 0 unspecified atom stereocenters. The first-order valence-corrected chi connectivity index (χ1v) is 12.7. The highest BCUT2D eigenvalue weighted by Gasteiger charge is 2.20. The number of benzene rings is 2. The van der Waals surface area contributed by atoms with Crippen molar-refractivity contribution >= 4 is 11.7 Å². The fourth-order valence-electron chi connectivity index (χ4n) is 3.63. The van der Waals surface area contributed by atoms with Gasteiger partial charge in [-0.2, -0.15) is 5.26 Å². The molecule has 0 fully saturated rings. The van der Waals surface area contributed by atoms with Crippen molar-refractivity contribution in [2.24, 2.45) is 0 Å². The number of rotatable bonds is 6. The summed E-state index contributed by atoms with van der Waals surface area (Å²) in [4.78, 5) is 17.8. The quantitative estimate of drug-likeness (QED) is 0.277. The molecule has 0 saturated carbocycles. The third-order valence-corrected chi connectivity index (χ3v) is 5.61. The van der Waals surface area contributed by atoms with E-state index in [1.807, 2.05) is 86.0 Å². The van der Waals surface area contributed by atoms with E-state index in [0.29, 0.717) is 11.4 Å². The number of nitriles is 1. The third kappa shape index (κ3) is 10.3. The molecule has 3 heterocycles. The number of pyridine rings is 2. The van der Waals surface area contributed by atoms with E-state index in [0.717, 1.165) is 55.5 Å². The second-order valence-corrected chi connectivity index (χ2v) is 8.82. The summed E-state index contributed by atoms with van der Waals surface area (Å²) >= 11 is 0. The number of aryl methyl sites for hydroxylation is 1. The number of anilines is 1. The molecule has 39 heavy (non-hydrogen) atoms. The Hall–Kier alpha value is -4.74. The lowest BCUT2D eigenvalue weighted by atomic mass is 10.1. The molecule has 204 valence electrons. The molecule has 8 heteroatoms. The lowest BCUT2D eigenvalue weighted by Crippen LogP contribution is -2.40. The van der Waals surface area contributed by atoms with Gasteiger partial charge in [-0.15, -0.1) is 0 Å². The Morgan fingerprint density at radius 1 is 1.08 bits per heavy atom. The van der Waals surface area contributed by atoms with Crippen LogP contribution in [0.5, 0.6) is 5.88 Å². The highest BCUT2D eigenvalue weighted by Crippen LogP contribution is 2.31. The van der Waals surface area contributed by atoms with Gasteiger partial charge in [0.25, 0.3) is 5.97 Å². The molecule has 0 amide bonds. The molecule has 2 aromatic heterocycles. The van der Waals surface area contributed by atoms with Gasteiger partial charge in [-0.3, -0.25) is 9.78 Å². The lowest BCUT2D eigenvalue weighted by Gasteiger charge is -2.27. The van der Waals surface area contributed by atoms with E-state index >= 15 is 0 Å². The number of aromatic nitrogens is 2. The maximum Gasteiger partial charge on any atom is 0.300 e. The summed E-state index contributed by atoms with van der Waals surface area (Å²) in [6.45, 7) is 5.39. The molecule has 4 aromatic rings. The first kappa shape index (κ1) is 28.8. The first-order valence-electron chi connectivity index (χ1n) is 12.7. The molecule has 0 saturated heterocycles. The number of nitrogens with one attached hydrogen (secondary N) is 2. The average Bonchev–Trinajstić information content (AvgIpc) is 2.97. The van der Waals surface area contributed by atoms with E-state index in [1.54, 1.807) is 0 Å². The standard InChI is InChI=1S/C23H23N5O.C6H6.C2H4O2.2H2/c1-16-2-7-19(12-26-16)20-10-22-23(28-13-20)29-21(15-27-22)14-25-9-8-17-3-5-18(11-24)6-4-17;1-2-4-6-5-3-1;1-2(3)4;;/h2-7,10,12-13,21,25,27H,8-9,14-15H2,1H3;1-6H;1H3,(H,3,4);2*1H/t21-;;;;/m1..../s1. The van der Waals surface area contributed by atoms with Crippen LogP contribution >= 0.6 is 0 Å². The predicted molar refractivity (Wildman–Crippen MR) is 157 cm³/mol. The fraction of sp³-hybridized carbons (Fsp3) is 0.226. The van der Waals surface area contributed by atoms with Crippen LogP contribution in [-0.2, 0) is 11.2 Å². The summed E-state index contributed by atoms with van der Waals surface area (Å²) < 4.78 is 6.04. The van der Waals surface area contributed by atoms with Crippen molar-refractivity contribution in [3.8, 4) is 23.1 Å². The van der Waals surface area contributed by atoms with Crippen LogP contribution in [0.3, 0.4) is 0 Å². The zero-order valence-corrected chi connectivity index (χ0v) is 22.2. The Morgan fingerprint density at radius 2 is 1.72 bits per heavy atom. The number of ether oxygens (including phenoxy) is 1. The van der Waals surface area contributed by atoms with Gasteiger partial charge in [-0.05, 0) is 49.7 Å². The minimum atomic E-state index is -0.833. The first-order chi connectivity index (χ1) is 18.9. The molecule has 0 bridgehead atoms. The molecule has 1 atom stereocenters. The zero-order valence-electron chi connectivity index (χ0n) is 22.2. The fourth-order valence-corrected chi connectivity index (χ4v) is 3.63. The summed E-state index contributed by atoms with van der Waals surface area (Å²) in [6, 6.07) is 28.0. The monoisotopic (exact) mass is 527 g/mol. The van der Waals surface area contributed by atoms with Gasteiger partial charge < -0.3 is 20.5 Å². The molecule has 1 aliphatic rings. The molecule has 2 aromatic carbocycles. The van der Waals surface area contributed by atoms with E-state index < -0.39 is 5.97 Å². The summed E-state index contributed by atoms with van der Waals surface area (Å²) in [5.74, 6) is -0.195. The van der Waals surface area contributed by atoms with Crippen LogP contribution in [0.25, 0.3) is 11.1 Å². The van der Waals surface area contributed by atoms with Crippen LogP contribution in [0.2, 0.25) is 0 Å². The zero-order chi connectivity index (χ0) is 27.9. The van der Waals surface area contributed by atoms with Crippen molar-refractivity contribution in [1.82, 2.24) is 15.3 Å². The van der Waals surface area contributed by atoms with Crippen molar-refractivity contribution < 1.29 is 17.5 Å². The molecule has 0 spiro atoms. The van der Waals surface area contributed by atoms with Gasteiger partial charge in [0.15, 0.2) is 0 Å². The third-order valence-electron chi connectivity index (χ3n) is 5.61. The van der Waals surface area contributed by atoms with Crippen molar-refractivity contribution in [2.45, 2.75) is 26.4 Å². The van der Waals surface area contributed by atoms with Crippen molar-refractivity contribution in [2.75, 3.05) is 25.0 Å². The van der Waals surface area contributed by atoms with Crippen LogP contribution in [-0.4, -0.2) is 46.8 Å². The molecule has 1 aliphatic heterocycles. The van der Waals surface area contributed by atoms with E-state index in [2.05, 4.69) is 38.8 Å². The van der Waals surface area contributed by atoms with Gasteiger partial charge in [-0.25, -0.2) is 4.98 Å². The number of carboxylic acid groups (broad SMARTS) is 1. The summed E-state index contributed by atoms with van der Waals surface area (Å²) in [7, 11) is 0. The van der Waals surface area contributed by atoms with E-state index in [4.69, 9.17) is 19.9 Å². The maximum absolute atomic E-state index is 9.00. The molecular weight excluding hydrogens is 490 g/mol. The van der Waals surface area contributed by atoms with Crippen molar-refractivity contribution in [1.29, 1.82) is 5.26 Å². The van der Waals surface area contributed by atoms with E-state index in [-0.39, 0.29) is 8.96 Å². The highest BCUT2D eigenvalue weighted by atomic mass is 16.5. The average molecular weight is 528 g/mol. The molecule has 0 radical (unpaired) electrons. The second kappa shape index (κ2) is 15.5. The number of aliphatic carboxylic acids is 1. The molecule has 8 nitrogen and oxygen atoms in total. The number of carbonyl (C=O) groups is 1. The maximum atomic E-state index is 9.00. The Balaban J connectivity index is 0.000000598. The largest absolute Gasteiger partial charge is 0.481 e. The molecule has 5 rings (SSSR count). The Labute approximate surface area is 232 Å². The van der Waals surface area contributed by atoms with Crippen LogP contribution < -0.4 is 15.4 Å². The number of carboxylic acids is 1. The van der Waals surface area contributed by atoms with Crippen molar-refractivity contribution in [3.63, 3.8) is 0 Å². The topological polar surface area (TPSA) is 120 Å². The van der Waals surface area contributed by atoms with Crippen LogP contribution in [0.1, 0.15) is 26.6 Å².